The van der Waals surface area contributed by atoms with Gasteiger partial charge in [-0.05, 0) is 34.4 Å². The predicted molar refractivity (Wildman–Crippen MR) is 108 cm³/mol. The van der Waals surface area contributed by atoms with Gasteiger partial charge in [-0.2, -0.15) is 0 Å². The minimum atomic E-state index is -0.280. The molecule has 0 spiro atoms. The second-order valence-electron chi connectivity index (χ2n) is 6.87. The molecule has 1 aliphatic rings. The third-order valence-electron chi connectivity index (χ3n) is 4.97. The van der Waals surface area contributed by atoms with Gasteiger partial charge >= 0.3 is 0 Å². The molecular weight excluding hydrogens is 352 g/mol. The van der Waals surface area contributed by atoms with Gasteiger partial charge in [-0.1, -0.05) is 60.7 Å². The maximum atomic E-state index is 12.0. The lowest BCUT2D eigenvalue weighted by Gasteiger charge is -2.24. The quantitative estimate of drug-likeness (QED) is 0.715. The summed E-state index contributed by atoms with van der Waals surface area (Å²) in [5, 5.41) is 13.1. The SMILES string of the molecule is COc1ccc([C@H]2NC(=O)CN2Cc2ccc(-c3ccccc3)cc2)cc1O. The van der Waals surface area contributed by atoms with Crippen LogP contribution in [0.1, 0.15) is 17.3 Å². The molecule has 1 fully saturated rings. The molecule has 2 N–H and O–H groups in total. The van der Waals surface area contributed by atoms with Crippen molar-refractivity contribution in [2.24, 2.45) is 0 Å². The summed E-state index contributed by atoms with van der Waals surface area (Å²) >= 11 is 0. The van der Waals surface area contributed by atoms with Crippen LogP contribution in [0.3, 0.4) is 0 Å². The molecule has 1 aliphatic heterocycles. The Morgan fingerprint density at radius 1 is 1.04 bits per heavy atom. The molecule has 3 aromatic rings. The van der Waals surface area contributed by atoms with Crippen molar-refractivity contribution < 1.29 is 14.6 Å². The van der Waals surface area contributed by atoms with E-state index in [0.717, 1.165) is 16.7 Å². The molecule has 3 aromatic carbocycles. The second-order valence-corrected chi connectivity index (χ2v) is 6.87. The van der Waals surface area contributed by atoms with Crippen LogP contribution in [0.15, 0.2) is 72.8 Å². The van der Waals surface area contributed by atoms with E-state index in [1.54, 1.807) is 12.1 Å². The number of methoxy groups -OCH3 is 1. The number of carbonyl (C=O) groups is 1. The van der Waals surface area contributed by atoms with E-state index in [-0.39, 0.29) is 17.8 Å². The summed E-state index contributed by atoms with van der Waals surface area (Å²) in [5.74, 6) is 0.450. The minimum absolute atomic E-state index is 0.0267. The number of nitrogens with zero attached hydrogens (tertiary/aromatic N) is 1. The Morgan fingerprint density at radius 3 is 2.43 bits per heavy atom. The molecule has 0 aliphatic carbocycles. The Hall–Kier alpha value is -3.31. The number of hydrogen-bond acceptors (Lipinski definition) is 4. The van der Waals surface area contributed by atoms with Crippen LogP contribution < -0.4 is 10.1 Å². The van der Waals surface area contributed by atoms with E-state index in [0.29, 0.717) is 18.8 Å². The van der Waals surface area contributed by atoms with Crippen molar-refractivity contribution in [2.45, 2.75) is 12.7 Å². The molecular formula is C23H22N2O3. The average molecular weight is 374 g/mol. The van der Waals surface area contributed by atoms with E-state index in [1.807, 2.05) is 24.3 Å². The molecule has 1 saturated heterocycles. The summed E-state index contributed by atoms with van der Waals surface area (Å²) in [5.41, 5.74) is 4.29. The summed E-state index contributed by atoms with van der Waals surface area (Å²) in [4.78, 5) is 14.1. The number of phenolic OH excluding ortho intramolecular Hbond substituents is 1. The van der Waals surface area contributed by atoms with Gasteiger partial charge in [0.15, 0.2) is 11.5 Å². The van der Waals surface area contributed by atoms with Crippen LogP contribution in [0.2, 0.25) is 0 Å². The molecule has 142 valence electrons. The molecule has 28 heavy (non-hydrogen) atoms. The molecule has 5 nitrogen and oxygen atoms in total. The van der Waals surface area contributed by atoms with Crippen LogP contribution in [-0.4, -0.2) is 29.6 Å². The number of carbonyl (C=O) groups excluding carboxylic acids is 1. The zero-order chi connectivity index (χ0) is 19.5. The van der Waals surface area contributed by atoms with E-state index >= 15 is 0 Å². The van der Waals surface area contributed by atoms with Gasteiger partial charge in [0, 0.05) is 6.54 Å². The van der Waals surface area contributed by atoms with E-state index in [1.165, 1.54) is 12.7 Å². The largest absolute Gasteiger partial charge is 0.504 e. The van der Waals surface area contributed by atoms with E-state index in [2.05, 4.69) is 46.6 Å². The highest BCUT2D eigenvalue weighted by atomic mass is 16.5. The lowest BCUT2D eigenvalue weighted by Crippen LogP contribution is -2.27. The molecule has 1 amide bonds. The van der Waals surface area contributed by atoms with E-state index in [9.17, 15) is 9.90 Å². The summed E-state index contributed by atoms with van der Waals surface area (Å²) in [7, 11) is 1.51. The molecule has 0 saturated carbocycles. The van der Waals surface area contributed by atoms with Crippen molar-refractivity contribution in [2.75, 3.05) is 13.7 Å². The second kappa shape index (κ2) is 7.74. The van der Waals surface area contributed by atoms with Crippen molar-refractivity contribution in [1.29, 1.82) is 0 Å². The highest BCUT2D eigenvalue weighted by Crippen LogP contribution is 2.32. The number of nitrogens with one attached hydrogen (secondary N) is 1. The van der Waals surface area contributed by atoms with Gasteiger partial charge in [-0.3, -0.25) is 9.69 Å². The molecule has 0 aromatic heterocycles. The van der Waals surface area contributed by atoms with Crippen LogP contribution in [-0.2, 0) is 11.3 Å². The topological polar surface area (TPSA) is 61.8 Å². The van der Waals surface area contributed by atoms with Gasteiger partial charge in [0.25, 0.3) is 0 Å². The Kier molecular flexibility index (Phi) is 5.00. The third-order valence-corrected chi connectivity index (χ3v) is 4.97. The Morgan fingerprint density at radius 2 is 1.75 bits per heavy atom. The van der Waals surface area contributed by atoms with Gasteiger partial charge < -0.3 is 15.2 Å². The van der Waals surface area contributed by atoms with Crippen LogP contribution >= 0.6 is 0 Å². The van der Waals surface area contributed by atoms with Crippen molar-refractivity contribution in [3.8, 4) is 22.6 Å². The molecule has 0 bridgehead atoms. The van der Waals surface area contributed by atoms with E-state index in [4.69, 9.17) is 4.74 Å². The first kappa shape index (κ1) is 18.1. The van der Waals surface area contributed by atoms with Gasteiger partial charge in [0.1, 0.15) is 6.17 Å². The van der Waals surface area contributed by atoms with Gasteiger partial charge in [0.05, 0.1) is 13.7 Å². The summed E-state index contributed by atoms with van der Waals surface area (Å²) < 4.78 is 5.10. The molecule has 5 heteroatoms. The normalized spacial score (nSPS) is 16.8. The number of phenols is 1. The van der Waals surface area contributed by atoms with Gasteiger partial charge in [0.2, 0.25) is 5.91 Å². The van der Waals surface area contributed by atoms with Crippen molar-refractivity contribution in [3.05, 3.63) is 83.9 Å². The number of hydrogen-bond donors (Lipinski definition) is 2. The van der Waals surface area contributed by atoms with Crippen molar-refractivity contribution >= 4 is 5.91 Å². The summed E-state index contributed by atoms with van der Waals surface area (Å²) in [6.45, 7) is 0.948. The highest BCUT2D eigenvalue weighted by molar-refractivity contribution is 5.80. The smallest absolute Gasteiger partial charge is 0.235 e. The maximum absolute atomic E-state index is 12.0. The van der Waals surface area contributed by atoms with Crippen LogP contribution in [0.25, 0.3) is 11.1 Å². The van der Waals surface area contributed by atoms with Crippen molar-refractivity contribution in [3.63, 3.8) is 0 Å². The summed E-state index contributed by atoms with van der Waals surface area (Å²) in [6, 6.07) is 23.8. The number of amides is 1. The number of aromatic hydroxyl groups is 1. The predicted octanol–water partition coefficient (Wildman–Crippen LogP) is 3.70. The zero-order valence-corrected chi connectivity index (χ0v) is 15.6. The van der Waals surface area contributed by atoms with Crippen LogP contribution in [0, 0.1) is 0 Å². The molecule has 0 unspecified atom stereocenters. The number of ether oxygens (including phenoxy) is 1. The van der Waals surface area contributed by atoms with Gasteiger partial charge in [-0.15, -0.1) is 0 Å². The number of rotatable bonds is 5. The molecule has 4 rings (SSSR count). The molecule has 1 heterocycles. The number of benzene rings is 3. The first-order valence-corrected chi connectivity index (χ1v) is 9.19. The summed E-state index contributed by atoms with van der Waals surface area (Å²) in [6.07, 6.45) is -0.280. The van der Waals surface area contributed by atoms with E-state index < -0.39 is 0 Å². The Labute approximate surface area is 164 Å². The van der Waals surface area contributed by atoms with Crippen molar-refractivity contribution in [1.82, 2.24) is 10.2 Å². The first-order chi connectivity index (χ1) is 13.6. The monoisotopic (exact) mass is 374 g/mol. The fourth-order valence-corrected chi connectivity index (χ4v) is 3.55. The lowest BCUT2D eigenvalue weighted by molar-refractivity contribution is -0.118. The van der Waals surface area contributed by atoms with Crippen LogP contribution in [0.5, 0.6) is 11.5 Å². The highest BCUT2D eigenvalue weighted by Gasteiger charge is 2.31. The lowest BCUT2D eigenvalue weighted by atomic mass is 10.0. The fraction of sp³-hybridized carbons (Fsp3) is 0.174. The minimum Gasteiger partial charge on any atom is -0.504 e. The van der Waals surface area contributed by atoms with Crippen LogP contribution in [0.4, 0.5) is 0 Å². The Balaban J connectivity index is 1.53. The third kappa shape index (κ3) is 3.70. The Bertz CT molecular complexity index is 971. The fourth-order valence-electron chi connectivity index (χ4n) is 3.55. The maximum Gasteiger partial charge on any atom is 0.235 e. The van der Waals surface area contributed by atoms with Gasteiger partial charge in [-0.25, -0.2) is 0 Å². The zero-order valence-electron chi connectivity index (χ0n) is 15.6. The standard InChI is InChI=1S/C23H22N2O3/c1-28-21-12-11-19(13-20(21)26)23-24-22(27)15-25(23)14-16-7-9-18(10-8-16)17-5-3-2-4-6-17/h2-13,23,26H,14-15H2,1H3,(H,24,27)/t23-/m0/s1. The first-order valence-electron chi connectivity index (χ1n) is 9.19. The molecule has 1 atom stereocenters. The molecule has 0 radical (unpaired) electrons. The average Bonchev–Trinajstić information content (AvgIpc) is 3.09.